The molecule has 0 bridgehead atoms. The maximum absolute atomic E-state index is 13.4. The number of halogens is 2. The Hall–Kier alpha value is -0.850. The van der Waals surface area contributed by atoms with E-state index in [-0.39, 0.29) is 11.9 Å². The summed E-state index contributed by atoms with van der Waals surface area (Å²) in [6.45, 7) is 4.89. The highest BCUT2D eigenvalue weighted by Gasteiger charge is 2.11. The quantitative estimate of drug-likeness (QED) is 0.766. The second-order valence-corrected chi connectivity index (χ2v) is 5.09. The maximum atomic E-state index is 13.4. The third-order valence-corrected chi connectivity index (χ3v) is 3.12. The molecular weight excluding hydrogens is 293 g/mol. The molecule has 1 aromatic rings. The molecule has 1 rings (SSSR count). The molecule has 0 aliphatic rings. The molecule has 0 amide bonds. The molecule has 0 heterocycles. The van der Waals surface area contributed by atoms with Crippen LogP contribution in [0, 0.1) is 17.7 Å². The van der Waals surface area contributed by atoms with Crippen LogP contribution < -0.4 is 5.32 Å². The Balaban J connectivity index is 2.81. The molecule has 18 heavy (non-hydrogen) atoms. The first-order valence-corrected chi connectivity index (χ1v) is 7.05. The van der Waals surface area contributed by atoms with Crippen LogP contribution in [0.15, 0.2) is 22.7 Å². The van der Waals surface area contributed by atoms with Crippen molar-refractivity contribution in [2.45, 2.75) is 39.2 Å². The summed E-state index contributed by atoms with van der Waals surface area (Å²) >= 11 is 3.34. The summed E-state index contributed by atoms with van der Waals surface area (Å²) in [4.78, 5) is 0. The van der Waals surface area contributed by atoms with Crippen LogP contribution in [0.4, 0.5) is 4.39 Å². The van der Waals surface area contributed by atoms with E-state index in [0.717, 1.165) is 35.8 Å². The Morgan fingerprint density at radius 2 is 2.17 bits per heavy atom. The monoisotopic (exact) mass is 311 g/mol. The topological polar surface area (TPSA) is 12.0 Å². The average Bonchev–Trinajstić information content (AvgIpc) is 2.32. The fraction of sp³-hybridized carbons (Fsp3) is 0.467. The lowest BCUT2D eigenvalue weighted by Crippen LogP contribution is -2.22. The van der Waals surface area contributed by atoms with Crippen molar-refractivity contribution in [3.63, 3.8) is 0 Å². The molecular formula is C15H19BrFN. The molecule has 0 aromatic heterocycles. The minimum Gasteiger partial charge on any atom is -0.310 e. The standard InChI is InChI=1S/C15H19BrFN/c1-3-5-6-7-15(18-8-4-2)12-9-13(16)11-14(17)10-12/h9-11,15,18H,4,6-8H2,1-2H3. The number of hydrogen-bond acceptors (Lipinski definition) is 1. The highest BCUT2D eigenvalue weighted by atomic mass is 79.9. The van der Waals surface area contributed by atoms with Gasteiger partial charge in [0.1, 0.15) is 5.82 Å². The van der Waals surface area contributed by atoms with E-state index < -0.39 is 0 Å². The fourth-order valence-corrected chi connectivity index (χ4v) is 2.31. The Morgan fingerprint density at radius 3 is 2.78 bits per heavy atom. The molecule has 0 fully saturated rings. The van der Waals surface area contributed by atoms with Crippen LogP contribution >= 0.6 is 15.9 Å². The zero-order valence-corrected chi connectivity index (χ0v) is 12.5. The van der Waals surface area contributed by atoms with E-state index in [1.54, 1.807) is 6.07 Å². The van der Waals surface area contributed by atoms with Crippen LogP contribution in [0.2, 0.25) is 0 Å². The van der Waals surface area contributed by atoms with E-state index in [2.05, 4.69) is 40.0 Å². The summed E-state index contributed by atoms with van der Waals surface area (Å²) in [5.41, 5.74) is 0.980. The Kier molecular flexibility index (Phi) is 7.00. The molecule has 0 radical (unpaired) electrons. The third-order valence-electron chi connectivity index (χ3n) is 2.66. The maximum Gasteiger partial charge on any atom is 0.124 e. The first-order chi connectivity index (χ1) is 8.67. The summed E-state index contributed by atoms with van der Waals surface area (Å²) < 4.78 is 14.2. The Labute approximate surface area is 117 Å². The SMILES string of the molecule is CC#CCCC(NCCC)c1cc(F)cc(Br)c1. The lowest BCUT2D eigenvalue weighted by atomic mass is 10.0. The molecule has 0 spiro atoms. The Morgan fingerprint density at radius 1 is 1.39 bits per heavy atom. The summed E-state index contributed by atoms with van der Waals surface area (Å²) in [5.74, 6) is 5.75. The predicted molar refractivity (Wildman–Crippen MR) is 77.8 cm³/mol. The van der Waals surface area contributed by atoms with Crippen LogP contribution in [-0.4, -0.2) is 6.54 Å². The van der Waals surface area contributed by atoms with Crippen molar-refractivity contribution in [2.24, 2.45) is 0 Å². The first-order valence-electron chi connectivity index (χ1n) is 6.26. The van der Waals surface area contributed by atoms with Gasteiger partial charge >= 0.3 is 0 Å². The molecule has 0 aliphatic carbocycles. The van der Waals surface area contributed by atoms with Crippen molar-refractivity contribution in [2.75, 3.05) is 6.54 Å². The van der Waals surface area contributed by atoms with Crippen molar-refractivity contribution in [3.8, 4) is 11.8 Å². The summed E-state index contributed by atoms with van der Waals surface area (Å²) in [6.07, 6.45) is 2.79. The minimum atomic E-state index is -0.204. The van der Waals surface area contributed by atoms with Crippen LogP contribution in [-0.2, 0) is 0 Å². The van der Waals surface area contributed by atoms with Crippen molar-refractivity contribution in [3.05, 3.63) is 34.1 Å². The van der Waals surface area contributed by atoms with Crippen molar-refractivity contribution in [1.29, 1.82) is 0 Å². The van der Waals surface area contributed by atoms with Crippen LogP contribution in [0.1, 0.15) is 44.7 Å². The van der Waals surface area contributed by atoms with Gasteiger partial charge in [-0.1, -0.05) is 22.9 Å². The van der Waals surface area contributed by atoms with E-state index in [1.165, 1.54) is 6.07 Å². The van der Waals surface area contributed by atoms with Gasteiger partial charge in [0, 0.05) is 16.9 Å². The normalized spacial score (nSPS) is 11.8. The van der Waals surface area contributed by atoms with Crippen LogP contribution in [0.5, 0.6) is 0 Å². The van der Waals surface area contributed by atoms with E-state index in [1.807, 2.05) is 13.0 Å². The summed E-state index contributed by atoms with van der Waals surface area (Å²) in [6, 6.07) is 5.21. The Bertz CT molecular complexity index is 414. The number of benzene rings is 1. The van der Waals surface area contributed by atoms with Gasteiger partial charge in [0.25, 0.3) is 0 Å². The van der Waals surface area contributed by atoms with Gasteiger partial charge in [-0.2, -0.15) is 0 Å². The smallest absolute Gasteiger partial charge is 0.124 e. The number of rotatable bonds is 6. The van der Waals surface area contributed by atoms with Gasteiger partial charge in [0.15, 0.2) is 0 Å². The molecule has 98 valence electrons. The van der Waals surface area contributed by atoms with Crippen molar-refractivity contribution < 1.29 is 4.39 Å². The second kappa shape index (κ2) is 8.29. The highest BCUT2D eigenvalue weighted by Crippen LogP contribution is 2.23. The summed E-state index contributed by atoms with van der Waals surface area (Å²) in [5, 5.41) is 3.44. The molecule has 0 saturated carbocycles. The molecule has 1 unspecified atom stereocenters. The molecule has 0 saturated heterocycles. The average molecular weight is 312 g/mol. The molecule has 3 heteroatoms. The fourth-order valence-electron chi connectivity index (χ4n) is 1.82. The zero-order chi connectivity index (χ0) is 13.4. The molecule has 1 N–H and O–H groups in total. The molecule has 1 atom stereocenters. The minimum absolute atomic E-state index is 0.165. The van der Waals surface area contributed by atoms with Gasteiger partial charge < -0.3 is 5.32 Å². The molecule has 1 nitrogen and oxygen atoms in total. The lowest BCUT2D eigenvalue weighted by Gasteiger charge is -2.18. The van der Waals surface area contributed by atoms with Gasteiger partial charge in [-0.05, 0) is 50.1 Å². The predicted octanol–water partition coefficient (Wildman–Crippen LogP) is 4.43. The van der Waals surface area contributed by atoms with Crippen LogP contribution in [0.25, 0.3) is 0 Å². The van der Waals surface area contributed by atoms with E-state index >= 15 is 0 Å². The van der Waals surface area contributed by atoms with Gasteiger partial charge in [-0.3, -0.25) is 0 Å². The van der Waals surface area contributed by atoms with Gasteiger partial charge in [0.2, 0.25) is 0 Å². The number of nitrogens with one attached hydrogen (secondary N) is 1. The second-order valence-electron chi connectivity index (χ2n) is 4.17. The van der Waals surface area contributed by atoms with Gasteiger partial charge in [-0.25, -0.2) is 4.39 Å². The highest BCUT2D eigenvalue weighted by molar-refractivity contribution is 9.10. The zero-order valence-electron chi connectivity index (χ0n) is 10.9. The van der Waals surface area contributed by atoms with E-state index in [9.17, 15) is 4.39 Å². The largest absolute Gasteiger partial charge is 0.310 e. The number of hydrogen-bond donors (Lipinski definition) is 1. The van der Waals surface area contributed by atoms with E-state index in [0.29, 0.717) is 0 Å². The van der Waals surface area contributed by atoms with Crippen LogP contribution in [0.3, 0.4) is 0 Å². The van der Waals surface area contributed by atoms with E-state index in [4.69, 9.17) is 0 Å². The molecule has 1 aromatic carbocycles. The summed E-state index contributed by atoms with van der Waals surface area (Å²) in [7, 11) is 0. The third kappa shape index (κ3) is 5.20. The van der Waals surface area contributed by atoms with Gasteiger partial charge in [0.05, 0.1) is 0 Å². The molecule has 0 aliphatic heterocycles. The van der Waals surface area contributed by atoms with Crippen molar-refractivity contribution in [1.82, 2.24) is 5.32 Å². The lowest BCUT2D eigenvalue weighted by molar-refractivity contribution is 0.501. The van der Waals surface area contributed by atoms with Crippen molar-refractivity contribution >= 4 is 15.9 Å². The first kappa shape index (κ1) is 15.2. The van der Waals surface area contributed by atoms with Gasteiger partial charge in [-0.15, -0.1) is 11.8 Å².